The van der Waals surface area contributed by atoms with Gasteiger partial charge in [0.2, 0.25) is 0 Å². The summed E-state index contributed by atoms with van der Waals surface area (Å²) >= 11 is 0. The third-order valence-electron chi connectivity index (χ3n) is 1.43. The Hall–Kier alpha value is -0.120. The molecule has 0 bridgehead atoms. The van der Waals surface area contributed by atoms with Crippen molar-refractivity contribution >= 4 is 0 Å². The van der Waals surface area contributed by atoms with Gasteiger partial charge in [-0.25, -0.2) is 0 Å². The molecule has 0 aliphatic carbocycles. The van der Waals surface area contributed by atoms with Crippen molar-refractivity contribution in [3.8, 4) is 0 Å². The molecular weight excluding hydrogens is 104 g/mol. The molecule has 3 heteroatoms. The zero-order valence-corrected chi connectivity index (χ0v) is 5.29. The molecule has 1 heterocycles. The Bertz CT molecular complexity index is 84.5. The maximum Gasteiger partial charge on any atom is 0.152 e. The summed E-state index contributed by atoms with van der Waals surface area (Å²) < 4.78 is 4.97. The van der Waals surface area contributed by atoms with E-state index in [4.69, 9.17) is 10.5 Å². The second-order valence-corrected chi connectivity index (χ2v) is 2.06. The molecule has 1 fully saturated rings. The van der Waals surface area contributed by atoms with Gasteiger partial charge in [-0.1, -0.05) is 6.92 Å². The number of rotatable bonds is 2. The summed E-state index contributed by atoms with van der Waals surface area (Å²) in [6, 6.07) is 0. The summed E-state index contributed by atoms with van der Waals surface area (Å²) in [5.74, 6) is 0. The molecule has 1 aliphatic rings. The van der Waals surface area contributed by atoms with E-state index in [1.165, 1.54) is 0 Å². The third kappa shape index (κ3) is 0.992. The van der Waals surface area contributed by atoms with Crippen LogP contribution in [0, 0.1) is 0 Å². The monoisotopic (exact) mass is 116 g/mol. The van der Waals surface area contributed by atoms with Crippen LogP contribution in [0.5, 0.6) is 0 Å². The summed E-state index contributed by atoms with van der Waals surface area (Å²) in [4.78, 5) is 2.07. The van der Waals surface area contributed by atoms with E-state index in [0.29, 0.717) is 0 Å². The van der Waals surface area contributed by atoms with Crippen molar-refractivity contribution in [3.05, 3.63) is 0 Å². The average molecular weight is 116 g/mol. The first-order valence-electron chi connectivity index (χ1n) is 2.87. The van der Waals surface area contributed by atoms with Gasteiger partial charge < -0.3 is 10.5 Å². The van der Waals surface area contributed by atoms with Crippen molar-refractivity contribution < 1.29 is 4.74 Å². The maximum absolute atomic E-state index is 5.38. The van der Waals surface area contributed by atoms with Crippen LogP contribution in [0.1, 0.15) is 6.92 Å². The first-order chi connectivity index (χ1) is 3.75. The van der Waals surface area contributed by atoms with Crippen LogP contribution in [0.3, 0.4) is 0 Å². The second-order valence-electron chi connectivity index (χ2n) is 2.06. The zero-order chi connectivity index (χ0) is 6.15. The molecule has 2 unspecified atom stereocenters. The minimum absolute atomic E-state index is 0.0278. The molecular formula is C5H12N2O. The summed E-state index contributed by atoms with van der Waals surface area (Å²) in [6.07, 6.45) is 0.167. The van der Waals surface area contributed by atoms with Crippen LogP contribution in [0.25, 0.3) is 0 Å². The Balaban J connectivity index is 2.18. The Labute approximate surface area is 49.4 Å². The topological polar surface area (TPSA) is 41.8 Å². The Morgan fingerprint density at radius 1 is 1.75 bits per heavy atom. The van der Waals surface area contributed by atoms with Crippen molar-refractivity contribution in [2.45, 2.75) is 19.4 Å². The summed E-state index contributed by atoms with van der Waals surface area (Å²) in [6.45, 7) is 3.08. The lowest BCUT2D eigenvalue weighted by Crippen LogP contribution is -2.25. The minimum Gasteiger partial charge on any atom is -0.337 e. The first-order valence-corrected chi connectivity index (χ1v) is 2.87. The fourth-order valence-corrected chi connectivity index (χ4v) is 0.650. The van der Waals surface area contributed by atoms with E-state index in [1.807, 2.05) is 7.05 Å². The van der Waals surface area contributed by atoms with E-state index in [1.54, 1.807) is 0 Å². The predicted octanol–water partition coefficient (Wildman–Crippen LogP) is -0.421. The number of nitrogens with two attached hydrogens (primary N) is 1. The van der Waals surface area contributed by atoms with Crippen LogP contribution in [-0.4, -0.2) is 30.9 Å². The molecule has 1 rings (SSSR count). The molecule has 1 saturated heterocycles. The van der Waals surface area contributed by atoms with Gasteiger partial charge in [0.1, 0.15) is 6.23 Å². The minimum atomic E-state index is -0.0278. The largest absolute Gasteiger partial charge is 0.337 e. The second kappa shape index (κ2) is 2.01. The lowest BCUT2D eigenvalue weighted by molar-refractivity contribution is 0.219. The summed E-state index contributed by atoms with van der Waals surface area (Å²) in [5, 5.41) is 0. The highest BCUT2D eigenvalue weighted by Gasteiger charge is 2.37. The molecule has 0 spiro atoms. The van der Waals surface area contributed by atoms with E-state index < -0.39 is 0 Å². The lowest BCUT2D eigenvalue weighted by atomic mass is 10.5. The molecule has 0 amide bonds. The number of likely N-dealkylation sites (N-methyl/N-ethyl adjacent to an activating group) is 1. The van der Waals surface area contributed by atoms with Gasteiger partial charge in [0.05, 0.1) is 0 Å². The van der Waals surface area contributed by atoms with Gasteiger partial charge in [-0.2, -0.15) is 0 Å². The van der Waals surface area contributed by atoms with Gasteiger partial charge >= 0.3 is 0 Å². The smallest absolute Gasteiger partial charge is 0.152 e. The summed E-state index contributed by atoms with van der Waals surface area (Å²) in [5.41, 5.74) is 5.38. The Morgan fingerprint density at radius 3 is 2.38 bits per heavy atom. The molecule has 2 atom stereocenters. The van der Waals surface area contributed by atoms with Crippen molar-refractivity contribution in [2.24, 2.45) is 5.73 Å². The van der Waals surface area contributed by atoms with Gasteiger partial charge in [-0.05, 0) is 13.6 Å². The van der Waals surface area contributed by atoms with Gasteiger partial charge in [-0.3, -0.25) is 4.90 Å². The molecule has 0 aromatic rings. The van der Waals surface area contributed by atoms with Crippen LogP contribution < -0.4 is 5.73 Å². The molecule has 0 saturated carbocycles. The summed E-state index contributed by atoms with van der Waals surface area (Å²) in [7, 11) is 2.00. The fraction of sp³-hybridized carbons (Fsp3) is 1.00. The number of hydrogen-bond donors (Lipinski definition) is 1. The lowest BCUT2D eigenvalue weighted by Gasteiger charge is -2.07. The van der Waals surface area contributed by atoms with Crippen molar-refractivity contribution in [2.75, 3.05) is 13.6 Å². The Morgan fingerprint density at radius 2 is 2.25 bits per heavy atom. The number of epoxide rings is 1. The van der Waals surface area contributed by atoms with Crippen LogP contribution in [0.15, 0.2) is 0 Å². The molecule has 0 radical (unpaired) electrons. The number of nitrogens with zero attached hydrogens (tertiary/aromatic N) is 1. The van der Waals surface area contributed by atoms with E-state index in [0.717, 1.165) is 6.54 Å². The molecule has 8 heavy (non-hydrogen) atoms. The molecule has 3 nitrogen and oxygen atoms in total. The Kier molecular flexibility index (Phi) is 1.51. The van der Waals surface area contributed by atoms with Crippen LogP contribution in [-0.2, 0) is 4.74 Å². The third-order valence-corrected chi connectivity index (χ3v) is 1.43. The molecule has 1 aliphatic heterocycles. The van der Waals surface area contributed by atoms with Crippen LogP contribution in [0.4, 0.5) is 0 Å². The van der Waals surface area contributed by atoms with Crippen molar-refractivity contribution in [1.29, 1.82) is 0 Å². The fourth-order valence-electron chi connectivity index (χ4n) is 0.650. The zero-order valence-electron chi connectivity index (χ0n) is 5.29. The average Bonchev–Trinajstić information content (AvgIpc) is 2.45. The normalized spacial score (nSPS) is 36.0. The highest BCUT2D eigenvalue weighted by Crippen LogP contribution is 2.18. The van der Waals surface area contributed by atoms with Gasteiger partial charge in [0.15, 0.2) is 6.23 Å². The molecule has 0 aromatic heterocycles. The number of hydrogen-bond acceptors (Lipinski definition) is 3. The number of ether oxygens (including phenoxy) is 1. The van der Waals surface area contributed by atoms with Crippen molar-refractivity contribution in [3.63, 3.8) is 0 Å². The first kappa shape index (κ1) is 6.01. The van der Waals surface area contributed by atoms with Gasteiger partial charge in [0.25, 0.3) is 0 Å². The molecule has 2 N–H and O–H groups in total. The molecule has 48 valence electrons. The van der Waals surface area contributed by atoms with Crippen LogP contribution >= 0.6 is 0 Å². The van der Waals surface area contributed by atoms with Gasteiger partial charge in [0, 0.05) is 0 Å². The highest BCUT2D eigenvalue weighted by molar-refractivity contribution is 4.76. The SMILES string of the molecule is CCN(C)C1OC1N. The van der Waals surface area contributed by atoms with Gasteiger partial charge in [-0.15, -0.1) is 0 Å². The van der Waals surface area contributed by atoms with Crippen molar-refractivity contribution in [1.82, 2.24) is 4.90 Å². The maximum atomic E-state index is 5.38. The van der Waals surface area contributed by atoms with E-state index >= 15 is 0 Å². The predicted molar refractivity (Wildman–Crippen MR) is 31.2 cm³/mol. The van der Waals surface area contributed by atoms with Crippen LogP contribution in [0.2, 0.25) is 0 Å². The van der Waals surface area contributed by atoms with E-state index in [2.05, 4.69) is 11.8 Å². The standard InChI is InChI=1S/C5H12N2O/c1-3-7(2)5-4(6)8-5/h4-5H,3,6H2,1-2H3. The van der Waals surface area contributed by atoms with E-state index in [9.17, 15) is 0 Å². The van der Waals surface area contributed by atoms with E-state index in [-0.39, 0.29) is 12.5 Å². The quantitative estimate of drug-likeness (QED) is 0.498. The molecule has 0 aromatic carbocycles. The highest BCUT2D eigenvalue weighted by atomic mass is 16.6.